The van der Waals surface area contributed by atoms with Gasteiger partial charge < -0.3 is 24.8 Å². The van der Waals surface area contributed by atoms with Crippen molar-refractivity contribution in [2.75, 3.05) is 32.7 Å². The Balaban J connectivity index is 1.16. The highest BCUT2D eigenvalue weighted by molar-refractivity contribution is 5.93. The first kappa shape index (κ1) is 36.1. The third-order valence-electron chi connectivity index (χ3n) is 10.6. The highest BCUT2D eigenvalue weighted by atomic mass is 16.6. The molecule has 3 heterocycles. The minimum atomic E-state index is -0.759. The zero-order valence-electron chi connectivity index (χ0n) is 30.3. The Morgan fingerprint density at radius 3 is 1.75 bits per heavy atom. The summed E-state index contributed by atoms with van der Waals surface area (Å²) in [6.07, 6.45) is 4.23. The molecule has 270 valence electrons. The van der Waals surface area contributed by atoms with Gasteiger partial charge in [0, 0.05) is 39.1 Å². The third kappa shape index (κ3) is 8.13. The second-order valence-corrected chi connectivity index (χ2v) is 15.3. The van der Waals surface area contributed by atoms with Gasteiger partial charge in [-0.05, 0) is 81.9 Å². The van der Waals surface area contributed by atoms with Crippen LogP contribution in [0.4, 0.5) is 4.79 Å². The summed E-state index contributed by atoms with van der Waals surface area (Å²) in [5.41, 5.74) is 1.72. The van der Waals surface area contributed by atoms with E-state index in [-0.39, 0.29) is 36.2 Å². The van der Waals surface area contributed by atoms with Crippen LogP contribution in [0.25, 0.3) is 0 Å². The monoisotopic (exact) mass is 692 g/mol. The molecule has 3 aromatic rings. The zero-order chi connectivity index (χ0) is 36.0. The predicted octanol–water partition coefficient (Wildman–Crippen LogP) is 6.16. The number of nitrogens with zero attached hydrogens (tertiary/aromatic N) is 3. The van der Waals surface area contributed by atoms with Gasteiger partial charge in [-0.3, -0.25) is 14.4 Å². The number of piperidine rings is 1. The summed E-state index contributed by atoms with van der Waals surface area (Å²) in [6, 6.07) is 29.3. The molecule has 0 aromatic heterocycles. The molecule has 3 aliphatic rings. The van der Waals surface area contributed by atoms with E-state index in [0.29, 0.717) is 45.6 Å². The van der Waals surface area contributed by atoms with Crippen LogP contribution in [-0.4, -0.2) is 88.9 Å². The molecular formula is C42H52N4O5. The van der Waals surface area contributed by atoms with E-state index in [2.05, 4.69) is 41.7 Å². The molecule has 3 aromatic carbocycles. The van der Waals surface area contributed by atoms with Crippen LogP contribution in [0.15, 0.2) is 91.0 Å². The van der Waals surface area contributed by atoms with E-state index in [1.165, 1.54) is 0 Å². The van der Waals surface area contributed by atoms with Gasteiger partial charge in [-0.15, -0.1) is 0 Å². The SMILES string of the molecule is CC(C)(C)OC(=O)N1CCC[C@H](CNC(=O)[C@H]2CCCN2C(=O)[C@@H]2CCCN2C(=O)CC(c2ccccc2)(c2ccccc2)c2ccccc2)C1. The number of likely N-dealkylation sites (tertiary alicyclic amines) is 3. The fourth-order valence-corrected chi connectivity index (χ4v) is 8.21. The van der Waals surface area contributed by atoms with Crippen molar-refractivity contribution in [2.24, 2.45) is 5.92 Å². The van der Waals surface area contributed by atoms with Crippen molar-refractivity contribution >= 4 is 23.8 Å². The van der Waals surface area contributed by atoms with E-state index >= 15 is 0 Å². The molecule has 0 bridgehead atoms. The molecule has 6 rings (SSSR count). The Morgan fingerprint density at radius 2 is 1.20 bits per heavy atom. The summed E-state index contributed by atoms with van der Waals surface area (Å²) in [6.45, 7) is 8.17. The van der Waals surface area contributed by atoms with Crippen LogP contribution in [-0.2, 0) is 24.5 Å². The van der Waals surface area contributed by atoms with Crippen molar-refractivity contribution in [2.45, 2.75) is 88.8 Å². The molecule has 9 heteroatoms. The van der Waals surface area contributed by atoms with Gasteiger partial charge >= 0.3 is 6.09 Å². The molecule has 0 spiro atoms. The summed E-state index contributed by atoms with van der Waals surface area (Å²) in [5, 5.41) is 3.10. The number of rotatable bonds is 9. The number of benzene rings is 3. The van der Waals surface area contributed by atoms with Gasteiger partial charge in [0.05, 0.1) is 5.41 Å². The summed E-state index contributed by atoms with van der Waals surface area (Å²) in [4.78, 5) is 60.3. The summed E-state index contributed by atoms with van der Waals surface area (Å²) >= 11 is 0. The van der Waals surface area contributed by atoms with Crippen molar-refractivity contribution in [1.29, 1.82) is 0 Å². The van der Waals surface area contributed by atoms with E-state index in [9.17, 15) is 19.2 Å². The Morgan fingerprint density at radius 1 is 0.686 bits per heavy atom. The molecule has 3 atom stereocenters. The summed E-state index contributed by atoms with van der Waals surface area (Å²) in [7, 11) is 0. The van der Waals surface area contributed by atoms with Gasteiger partial charge in [-0.2, -0.15) is 0 Å². The molecule has 4 amide bonds. The van der Waals surface area contributed by atoms with E-state index in [1.807, 2.05) is 75.4 Å². The predicted molar refractivity (Wildman–Crippen MR) is 197 cm³/mol. The first-order valence-corrected chi connectivity index (χ1v) is 18.6. The first-order chi connectivity index (χ1) is 24.6. The standard InChI is InChI=1S/C42H52N4O5/c1-41(2,3)51-40(50)44-25-13-16-31(30-44)29-43-38(48)35-23-14-27-46(35)39(49)36-24-15-26-45(36)37(47)28-42(32-17-7-4-8-18-32,33-19-9-5-10-20-33)34-21-11-6-12-22-34/h4-12,17-22,31,35-36H,13-16,23-30H2,1-3H3,(H,43,48)/t31-,35-,36+/m1/s1. The molecule has 1 N–H and O–H groups in total. The third-order valence-corrected chi connectivity index (χ3v) is 10.6. The van der Waals surface area contributed by atoms with Gasteiger partial charge in [0.1, 0.15) is 17.7 Å². The molecule has 0 saturated carbocycles. The van der Waals surface area contributed by atoms with Crippen molar-refractivity contribution in [1.82, 2.24) is 20.0 Å². The topological polar surface area (TPSA) is 99.3 Å². The van der Waals surface area contributed by atoms with Crippen LogP contribution >= 0.6 is 0 Å². The van der Waals surface area contributed by atoms with Crippen LogP contribution in [0.2, 0.25) is 0 Å². The lowest BCUT2D eigenvalue weighted by atomic mass is 9.67. The lowest BCUT2D eigenvalue weighted by Gasteiger charge is -2.38. The highest BCUT2D eigenvalue weighted by Crippen LogP contribution is 2.43. The maximum atomic E-state index is 14.6. The average Bonchev–Trinajstić information content (AvgIpc) is 3.84. The summed E-state index contributed by atoms with van der Waals surface area (Å²) < 4.78 is 5.57. The molecule has 0 radical (unpaired) electrons. The van der Waals surface area contributed by atoms with Crippen LogP contribution in [0.3, 0.4) is 0 Å². The Labute approximate surface area is 302 Å². The number of carbonyl (C=O) groups is 4. The molecule has 0 unspecified atom stereocenters. The van der Waals surface area contributed by atoms with Crippen LogP contribution in [0.5, 0.6) is 0 Å². The second-order valence-electron chi connectivity index (χ2n) is 15.3. The minimum Gasteiger partial charge on any atom is -0.444 e. The minimum absolute atomic E-state index is 0.0746. The molecular weight excluding hydrogens is 640 g/mol. The smallest absolute Gasteiger partial charge is 0.410 e. The van der Waals surface area contributed by atoms with E-state index < -0.39 is 23.1 Å². The average molecular weight is 693 g/mol. The quantitative estimate of drug-likeness (QED) is 0.271. The molecule has 3 saturated heterocycles. The van der Waals surface area contributed by atoms with Crippen LogP contribution in [0, 0.1) is 5.92 Å². The van der Waals surface area contributed by atoms with E-state index in [0.717, 1.165) is 42.4 Å². The number of ether oxygens (including phenoxy) is 1. The summed E-state index contributed by atoms with van der Waals surface area (Å²) in [5.74, 6) is -0.267. The molecule has 0 aliphatic carbocycles. The number of carbonyl (C=O) groups excluding carboxylic acids is 4. The second kappa shape index (κ2) is 15.7. The molecule has 3 fully saturated rings. The lowest BCUT2D eigenvalue weighted by molar-refractivity contribution is -0.146. The number of amides is 4. The van der Waals surface area contributed by atoms with Crippen LogP contribution in [0.1, 0.15) is 82.4 Å². The number of nitrogens with one attached hydrogen (secondary N) is 1. The lowest BCUT2D eigenvalue weighted by Crippen LogP contribution is -2.54. The number of hydrogen-bond acceptors (Lipinski definition) is 5. The van der Waals surface area contributed by atoms with Gasteiger partial charge in [0.2, 0.25) is 17.7 Å². The van der Waals surface area contributed by atoms with Crippen LogP contribution < -0.4 is 5.32 Å². The van der Waals surface area contributed by atoms with Gasteiger partial charge in [-0.25, -0.2) is 4.79 Å². The maximum Gasteiger partial charge on any atom is 0.410 e. The Hall–Kier alpha value is -4.66. The molecule has 3 aliphatic heterocycles. The van der Waals surface area contributed by atoms with Crippen molar-refractivity contribution < 1.29 is 23.9 Å². The van der Waals surface area contributed by atoms with Crippen molar-refractivity contribution in [3.05, 3.63) is 108 Å². The van der Waals surface area contributed by atoms with Gasteiger partial charge in [0.25, 0.3) is 0 Å². The fourth-order valence-electron chi connectivity index (χ4n) is 8.21. The van der Waals surface area contributed by atoms with Crippen molar-refractivity contribution in [3.8, 4) is 0 Å². The van der Waals surface area contributed by atoms with Gasteiger partial charge in [0.15, 0.2) is 0 Å². The first-order valence-electron chi connectivity index (χ1n) is 18.6. The van der Waals surface area contributed by atoms with E-state index in [4.69, 9.17) is 4.74 Å². The Kier molecular flexibility index (Phi) is 11.1. The largest absolute Gasteiger partial charge is 0.444 e. The molecule has 51 heavy (non-hydrogen) atoms. The Bertz CT molecular complexity index is 1560. The van der Waals surface area contributed by atoms with Gasteiger partial charge in [-0.1, -0.05) is 91.0 Å². The fraction of sp³-hybridized carbons (Fsp3) is 0.476. The number of hydrogen-bond donors (Lipinski definition) is 1. The molecule has 9 nitrogen and oxygen atoms in total. The highest BCUT2D eigenvalue weighted by Gasteiger charge is 2.45. The normalized spacial score (nSPS) is 21.0. The zero-order valence-corrected chi connectivity index (χ0v) is 30.3. The maximum absolute atomic E-state index is 14.6. The van der Waals surface area contributed by atoms with E-state index in [1.54, 1.807) is 14.7 Å². The van der Waals surface area contributed by atoms with Crippen molar-refractivity contribution in [3.63, 3.8) is 0 Å².